The summed E-state index contributed by atoms with van der Waals surface area (Å²) in [7, 11) is 0. The molecule has 5 nitrogen and oxygen atoms in total. The van der Waals surface area contributed by atoms with Crippen LogP contribution in [0.5, 0.6) is 5.75 Å². The zero-order valence-corrected chi connectivity index (χ0v) is 9.01. The fourth-order valence-corrected chi connectivity index (χ4v) is 1.55. The average molecular weight is 227 g/mol. The van der Waals surface area contributed by atoms with Crippen LogP contribution in [-0.2, 0) is 0 Å². The third-order valence-electron chi connectivity index (χ3n) is 2.31. The van der Waals surface area contributed by atoms with E-state index in [1.54, 1.807) is 18.2 Å². The van der Waals surface area contributed by atoms with Crippen LogP contribution in [0, 0.1) is 11.8 Å². The summed E-state index contributed by atoms with van der Waals surface area (Å²) in [5.74, 6) is 6.23. The number of nitrogens with zero attached hydrogens (tertiary/aromatic N) is 3. The minimum absolute atomic E-state index is 0.0971. The van der Waals surface area contributed by atoms with Gasteiger partial charge in [0.1, 0.15) is 5.75 Å². The van der Waals surface area contributed by atoms with Gasteiger partial charge in [-0.25, -0.2) is 0 Å². The smallest absolute Gasteiger partial charge is 0.169 e. The highest BCUT2D eigenvalue weighted by Gasteiger charge is 2.17. The maximum Gasteiger partial charge on any atom is 0.169 e. The molecule has 0 radical (unpaired) electrons. The average Bonchev–Trinajstić information content (AvgIpc) is 2.35. The van der Waals surface area contributed by atoms with Gasteiger partial charge in [-0.2, -0.15) is 0 Å². The van der Waals surface area contributed by atoms with Gasteiger partial charge in [0.15, 0.2) is 5.78 Å². The lowest BCUT2D eigenvalue weighted by atomic mass is 10.0. The van der Waals surface area contributed by atoms with Crippen molar-refractivity contribution in [1.82, 2.24) is 0 Å². The molecule has 84 valence electrons. The van der Waals surface area contributed by atoms with Gasteiger partial charge in [0.05, 0.1) is 18.7 Å². The Hall–Kier alpha value is -2.44. The molecule has 0 N–H and O–H groups in total. The maximum atomic E-state index is 11.5. The van der Waals surface area contributed by atoms with Crippen LogP contribution in [0.15, 0.2) is 23.3 Å². The highest BCUT2D eigenvalue weighted by atomic mass is 16.5. The van der Waals surface area contributed by atoms with Crippen molar-refractivity contribution < 1.29 is 9.53 Å². The van der Waals surface area contributed by atoms with E-state index in [1.165, 1.54) is 0 Å². The van der Waals surface area contributed by atoms with Gasteiger partial charge < -0.3 is 4.74 Å². The van der Waals surface area contributed by atoms with Gasteiger partial charge in [-0.05, 0) is 23.7 Å². The van der Waals surface area contributed by atoms with Gasteiger partial charge in [-0.15, -0.1) is 0 Å². The number of benzene rings is 1. The lowest BCUT2D eigenvalue weighted by molar-refractivity contribution is 0.0933. The molecule has 0 aliphatic carbocycles. The number of ketones is 1. The Bertz CT molecular complexity index is 563. The number of azide groups is 1. The first-order valence-corrected chi connectivity index (χ1v) is 5.11. The second kappa shape index (κ2) is 5.06. The Morgan fingerprint density at radius 1 is 1.53 bits per heavy atom. The van der Waals surface area contributed by atoms with Crippen LogP contribution in [0.1, 0.15) is 22.3 Å². The monoisotopic (exact) mass is 227 g/mol. The predicted molar refractivity (Wildman–Crippen MR) is 61.8 cm³/mol. The number of carbonyl (C=O) groups excluding carboxylic acids is 1. The van der Waals surface area contributed by atoms with Gasteiger partial charge >= 0.3 is 0 Å². The first-order chi connectivity index (χ1) is 8.31. The zero-order valence-electron chi connectivity index (χ0n) is 9.01. The number of hydrogen-bond acceptors (Lipinski definition) is 3. The van der Waals surface area contributed by atoms with Crippen LogP contribution in [-0.4, -0.2) is 18.9 Å². The molecule has 1 aliphatic heterocycles. The molecule has 0 fully saturated rings. The quantitative estimate of drug-likeness (QED) is 0.319. The van der Waals surface area contributed by atoms with E-state index in [9.17, 15) is 4.79 Å². The van der Waals surface area contributed by atoms with E-state index in [0.717, 1.165) is 5.56 Å². The van der Waals surface area contributed by atoms with Gasteiger partial charge in [-0.3, -0.25) is 4.79 Å². The van der Waals surface area contributed by atoms with Crippen molar-refractivity contribution in [2.24, 2.45) is 5.11 Å². The number of fused-ring (bicyclic) bond motifs is 1. The maximum absolute atomic E-state index is 11.5. The Kier molecular flexibility index (Phi) is 3.29. The van der Waals surface area contributed by atoms with Crippen molar-refractivity contribution in [1.29, 1.82) is 0 Å². The molecule has 5 heteroatoms. The minimum atomic E-state index is 0.0971. The molecule has 17 heavy (non-hydrogen) atoms. The number of ether oxygens (including phenoxy) is 1. The van der Waals surface area contributed by atoms with Crippen molar-refractivity contribution in [2.75, 3.05) is 13.2 Å². The van der Waals surface area contributed by atoms with Crippen molar-refractivity contribution in [3.05, 3.63) is 39.8 Å². The largest absolute Gasteiger partial charge is 0.492 e. The standard InChI is InChI=1S/C12H9N3O2/c13-15-14-6-1-2-9-3-4-10-11(16)5-7-17-12(10)8-9/h3-4,8H,5-7H2. The van der Waals surface area contributed by atoms with Crippen molar-refractivity contribution >= 4 is 5.78 Å². The van der Waals surface area contributed by atoms with E-state index < -0.39 is 0 Å². The molecule has 1 heterocycles. The lowest BCUT2D eigenvalue weighted by Gasteiger charge is -2.15. The van der Waals surface area contributed by atoms with Gasteiger partial charge in [0, 0.05) is 16.9 Å². The normalized spacial score (nSPS) is 12.6. The van der Waals surface area contributed by atoms with Gasteiger partial charge in [-0.1, -0.05) is 17.0 Å². The Morgan fingerprint density at radius 2 is 2.41 bits per heavy atom. The molecule has 0 bridgehead atoms. The number of hydrogen-bond donors (Lipinski definition) is 0. The summed E-state index contributed by atoms with van der Waals surface area (Å²) in [6, 6.07) is 5.21. The zero-order chi connectivity index (χ0) is 12.1. The number of Topliss-reactive ketones (excluding diaryl/α,β-unsaturated/α-hetero) is 1. The molecule has 1 aromatic rings. The van der Waals surface area contributed by atoms with Crippen molar-refractivity contribution in [2.45, 2.75) is 6.42 Å². The van der Waals surface area contributed by atoms with Crippen LogP contribution < -0.4 is 4.74 Å². The number of rotatable bonds is 1. The van der Waals surface area contributed by atoms with E-state index in [2.05, 4.69) is 21.9 Å². The highest BCUT2D eigenvalue weighted by molar-refractivity contribution is 5.99. The molecule has 0 saturated carbocycles. The molecule has 1 aromatic carbocycles. The Balaban J connectivity index is 2.23. The Labute approximate surface area is 98.0 Å². The molecule has 0 saturated heterocycles. The molecular formula is C12H9N3O2. The molecular weight excluding hydrogens is 218 g/mol. The number of carbonyl (C=O) groups is 1. The SMILES string of the molecule is [N-]=[N+]=NCC#Cc1ccc2c(c1)OCCC2=O. The third-order valence-corrected chi connectivity index (χ3v) is 2.31. The molecule has 0 atom stereocenters. The summed E-state index contributed by atoms with van der Waals surface area (Å²) in [6.45, 7) is 0.550. The topological polar surface area (TPSA) is 75.1 Å². The molecule has 0 amide bonds. The van der Waals surface area contributed by atoms with E-state index in [4.69, 9.17) is 10.3 Å². The predicted octanol–water partition coefficient (Wildman–Crippen LogP) is 2.31. The summed E-state index contributed by atoms with van der Waals surface area (Å²) in [5.41, 5.74) is 9.43. The van der Waals surface area contributed by atoms with Crippen molar-refractivity contribution in [3.63, 3.8) is 0 Å². The summed E-state index contributed by atoms with van der Waals surface area (Å²) in [5, 5.41) is 3.31. The fourth-order valence-electron chi connectivity index (χ4n) is 1.55. The van der Waals surface area contributed by atoms with Crippen LogP contribution in [0.25, 0.3) is 10.4 Å². The Morgan fingerprint density at radius 3 is 3.24 bits per heavy atom. The second-order valence-corrected chi connectivity index (χ2v) is 3.42. The lowest BCUT2D eigenvalue weighted by Crippen LogP contribution is -2.15. The fraction of sp³-hybridized carbons (Fsp3) is 0.250. The summed E-state index contributed by atoms with van der Waals surface area (Å²) in [6.07, 6.45) is 0.426. The molecule has 0 spiro atoms. The molecule has 1 aliphatic rings. The summed E-state index contributed by atoms with van der Waals surface area (Å²) < 4.78 is 5.39. The van der Waals surface area contributed by atoms with Crippen LogP contribution in [0.4, 0.5) is 0 Å². The highest BCUT2D eigenvalue weighted by Crippen LogP contribution is 2.25. The first kappa shape index (κ1) is 11.1. The second-order valence-electron chi connectivity index (χ2n) is 3.42. The third kappa shape index (κ3) is 2.57. The first-order valence-electron chi connectivity index (χ1n) is 5.11. The van der Waals surface area contributed by atoms with E-state index >= 15 is 0 Å². The van der Waals surface area contributed by atoms with Crippen molar-refractivity contribution in [3.8, 4) is 17.6 Å². The molecule has 0 unspecified atom stereocenters. The van der Waals surface area contributed by atoms with Crippen LogP contribution in [0.2, 0.25) is 0 Å². The molecule has 0 aromatic heterocycles. The van der Waals surface area contributed by atoms with Gasteiger partial charge in [0.25, 0.3) is 0 Å². The van der Waals surface area contributed by atoms with E-state index in [0.29, 0.717) is 24.3 Å². The van der Waals surface area contributed by atoms with Gasteiger partial charge in [0.2, 0.25) is 0 Å². The van der Waals surface area contributed by atoms with Crippen LogP contribution >= 0.6 is 0 Å². The van der Waals surface area contributed by atoms with E-state index in [-0.39, 0.29) is 12.3 Å². The summed E-state index contributed by atoms with van der Waals surface area (Å²) in [4.78, 5) is 14.1. The van der Waals surface area contributed by atoms with E-state index in [1.807, 2.05) is 0 Å². The summed E-state index contributed by atoms with van der Waals surface area (Å²) >= 11 is 0. The molecule has 2 rings (SSSR count). The minimum Gasteiger partial charge on any atom is -0.492 e. The van der Waals surface area contributed by atoms with Crippen LogP contribution in [0.3, 0.4) is 0 Å².